The fraction of sp³-hybridized carbons (Fsp3) is 0.538. The van der Waals surface area contributed by atoms with Crippen LogP contribution in [0.25, 0.3) is 0 Å². The number of hydrogen-bond acceptors (Lipinski definition) is 2. The standard InChI is InChI=1S/C13H17ClN2O/c1-10-3-2-4-11(16-10)12(17)15-9-13(5-6-13)7-8-14/h2-4H,5-9H2,1H3,(H,15,17). The predicted octanol–water partition coefficient (Wildman–Crippen LogP) is 2.53. The maximum atomic E-state index is 11.9. The molecule has 2 rings (SSSR count). The number of aryl methyl sites for hydroxylation is 1. The van der Waals surface area contributed by atoms with E-state index in [2.05, 4.69) is 10.3 Å². The molecule has 1 heterocycles. The Balaban J connectivity index is 1.90. The summed E-state index contributed by atoms with van der Waals surface area (Å²) in [6, 6.07) is 5.47. The summed E-state index contributed by atoms with van der Waals surface area (Å²) in [7, 11) is 0. The van der Waals surface area contributed by atoms with E-state index < -0.39 is 0 Å². The molecular weight excluding hydrogens is 236 g/mol. The van der Waals surface area contributed by atoms with Crippen LogP contribution in [-0.4, -0.2) is 23.3 Å². The number of nitrogens with zero attached hydrogens (tertiary/aromatic N) is 1. The van der Waals surface area contributed by atoms with Crippen molar-refractivity contribution in [2.24, 2.45) is 5.41 Å². The van der Waals surface area contributed by atoms with Crippen molar-refractivity contribution in [1.82, 2.24) is 10.3 Å². The molecule has 1 saturated carbocycles. The molecule has 0 saturated heterocycles. The van der Waals surface area contributed by atoms with Crippen molar-refractivity contribution in [3.05, 3.63) is 29.6 Å². The van der Waals surface area contributed by atoms with E-state index in [0.717, 1.165) is 12.1 Å². The third-order valence-corrected chi connectivity index (χ3v) is 3.52. The fourth-order valence-corrected chi connectivity index (χ4v) is 2.32. The third-order valence-electron chi connectivity index (χ3n) is 3.33. The molecular formula is C13H17ClN2O. The van der Waals surface area contributed by atoms with Crippen molar-refractivity contribution in [3.63, 3.8) is 0 Å². The van der Waals surface area contributed by atoms with E-state index in [-0.39, 0.29) is 11.3 Å². The Morgan fingerprint density at radius 3 is 2.88 bits per heavy atom. The van der Waals surface area contributed by atoms with Crippen LogP contribution in [0.5, 0.6) is 0 Å². The Kier molecular flexibility index (Phi) is 3.67. The Morgan fingerprint density at radius 2 is 2.29 bits per heavy atom. The molecule has 0 radical (unpaired) electrons. The van der Waals surface area contributed by atoms with Gasteiger partial charge in [-0.15, -0.1) is 11.6 Å². The largest absolute Gasteiger partial charge is 0.350 e. The van der Waals surface area contributed by atoms with Crippen LogP contribution in [0.3, 0.4) is 0 Å². The molecule has 0 unspecified atom stereocenters. The fourth-order valence-electron chi connectivity index (χ4n) is 1.92. The van der Waals surface area contributed by atoms with Crippen molar-refractivity contribution in [3.8, 4) is 0 Å². The number of amides is 1. The molecule has 3 nitrogen and oxygen atoms in total. The quantitative estimate of drug-likeness (QED) is 0.819. The topological polar surface area (TPSA) is 42.0 Å². The molecule has 1 aliphatic rings. The SMILES string of the molecule is Cc1cccc(C(=O)NCC2(CCCl)CC2)n1. The first-order valence-corrected chi connectivity index (χ1v) is 6.46. The lowest BCUT2D eigenvalue weighted by atomic mass is 10.0. The van der Waals surface area contributed by atoms with Crippen LogP contribution >= 0.6 is 11.6 Å². The van der Waals surface area contributed by atoms with Gasteiger partial charge in [0.2, 0.25) is 0 Å². The first-order valence-electron chi connectivity index (χ1n) is 5.93. The van der Waals surface area contributed by atoms with Crippen molar-refractivity contribution in [1.29, 1.82) is 0 Å². The molecule has 0 aliphatic heterocycles. The van der Waals surface area contributed by atoms with Crippen molar-refractivity contribution in [2.75, 3.05) is 12.4 Å². The van der Waals surface area contributed by atoms with Crippen LogP contribution in [0.4, 0.5) is 0 Å². The van der Waals surface area contributed by atoms with Gasteiger partial charge in [-0.05, 0) is 43.7 Å². The zero-order valence-electron chi connectivity index (χ0n) is 10.0. The molecule has 1 aliphatic carbocycles. The highest BCUT2D eigenvalue weighted by Crippen LogP contribution is 2.48. The highest BCUT2D eigenvalue weighted by molar-refractivity contribution is 6.17. The smallest absolute Gasteiger partial charge is 0.269 e. The van der Waals surface area contributed by atoms with Gasteiger partial charge < -0.3 is 5.32 Å². The van der Waals surface area contributed by atoms with Gasteiger partial charge in [0, 0.05) is 18.1 Å². The molecule has 92 valence electrons. The molecule has 0 aromatic carbocycles. The van der Waals surface area contributed by atoms with Gasteiger partial charge in [-0.1, -0.05) is 6.07 Å². The van der Waals surface area contributed by atoms with E-state index in [4.69, 9.17) is 11.6 Å². The number of nitrogens with one attached hydrogen (secondary N) is 1. The molecule has 1 fully saturated rings. The van der Waals surface area contributed by atoms with Crippen LogP contribution in [-0.2, 0) is 0 Å². The van der Waals surface area contributed by atoms with Crippen LogP contribution in [0.15, 0.2) is 18.2 Å². The average Bonchev–Trinajstić information content (AvgIpc) is 3.07. The Morgan fingerprint density at radius 1 is 1.53 bits per heavy atom. The normalized spacial score (nSPS) is 16.6. The van der Waals surface area contributed by atoms with Gasteiger partial charge in [0.1, 0.15) is 5.69 Å². The summed E-state index contributed by atoms with van der Waals surface area (Å²) in [4.78, 5) is 16.1. The Hall–Kier alpha value is -1.09. The lowest BCUT2D eigenvalue weighted by Crippen LogP contribution is -2.31. The van der Waals surface area contributed by atoms with Gasteiger partial charge in [-0.3, -0.25) is 4.79 Å². The van der Waals surface area contributed by atoms with E-state index in [1.54, 1.807) is 6.07 Å². The highest BCUT2D eigenvalue weighted by Gasteiger charge is 2.41. The maximum Gasteiger partial charge on any atom is 0.269 e. The average molecular weight is 253 g/mol. The summed E-state index contributed by atoms with van der Waals surface area (Å²) >= 11 is 5.75. The lowest BCUT2D eigenvalue weighted by Gasteiger charge is -2.14. The summed E-state index contributed by atoms with van der Waals surface area (Å²) in [5.41, 5.74) is 1.62. The molecule has 0 bridgehead atoms. The molecule has 1 amide bonds. The van der Waals surface area contributed by atoms with Gasteiger partial charge in [0.25, 0.3) is 5.91 Å². The first-order chi connectivity index (χ1) is 8.15. The zero-order valence-corrected chi connectivity index (χ0v) is 10.8. The molecule has 1 aromatic rings. The number of carbonyl (C=O) groups excluding carboxylic acids is 1. The summed E-state index contributed by atoms with van der Waals surface area (Å²) < 4.78 is 0. The molecule has 0 spiro atoms. The second-order valence-electron chi connectivity index (χ2n) is 4.79. The molecule has 4 heteroatoms. The first kappa shape index (κ1) is 12.4. The molecule has 17 heavy (non-hydrogen) atoms. The van der Waals surface area contributed by atoms with Crippen molar-refractivity contribution < 1.29 is 4.79 Å². The van der Waals surface area contributed by atoms with Gasteiger partial charge >= 0.3 is 0 Å². The van der Waals surface area contributed by atoms with Crippen LogP contribution in [0.1, 0.15) is 35.4 Å². The maximum absolute atomic E-state index is 11.9. The summed E-state index contributed by atoms with van der Waals surface area (Å²) in [5, 5.41) is 2.95. The van der Waals surface area contributed by atoms with Gasteiger partial charge in [0.05, 0.1) is 0 Å². The number of carbonyl (C=O) groups is 1. The van der Waals surface area contributed by atoms with E-state index in [1.165, 1.54) is 12.8 Å². The minimum atomic E-state index is -0.0884. The van der Waals surface area contributed by atoms with Gasteiger partial charge in [-0.25, -0.2) is 4.98 Å². The van der Waals surface area contributed by atoms with Crippen LogP contribution in [0.2, 0.25) is 0 Å². The number of hydrogen-bond donors (Lipinski definition) is 1. The highest BCUT2D eigenvalue weighted by atomic mass is 35.5. The van der Waals surface area contributed by atoms with E-state index >= 15 is 0 Å². The summed E-state index contributed by atoms with van der Waals surface area (Å²) in [5.74, 6) is 0.577. The summed E-state index contributed by atoms with van der Waals surface area (Å²) in [6.45, 7) is 2.60. The number of halogens is 1. The number of alkyl halides is 1. The number of rotatable bonds is 5. The third kappa shape index (κ3) is 3.19. The van der Waals surface area contributed by atoms with Crippen molar-refractivity contribution in [2.45, 2.75) is 26.2 Å². The number of pyridine rings is 1. The second-order valence-corrected chi connectivity index (χ2v) is 5.16. The lowest BCUT2D eigenvalue weighted by molar-refractivity contribution is 0.0939. The Bertz CT molecular complexity index is 416. The van der Waals surface area contributed by atoms with Crippen LogP contribution in [0, 0.1) is 12.3 Å². The monoisotopic (exact) mass is 252 g/mol. The van der Waals surface area contributed by atoms with E-state index in [0.29, 0.717) is 18.1 Å². The Labute approximate surface area is 107 Å². The minimum absolute atomic E-state index is 0.0884. The van der Waals surface area contributed by atoms with Crippen LogP contribution < -0.4 is 5.32 Å². The predicted molar refractivity (Wildman–Crippen MR) is 68.3 cm³/mol. The zero-order chi connectivity index (χ0) is 12.3. The molecule has 1 aromatic heterocycles. The van der Waals surface area contributed by atoms with E-state index in [1.807, 2.05) is 19.1 Å². The second kappa shape index (κ2) is 5.05. The summed E-state index contributed by atoms with van der Waals surface area (Å²) in [6.07, 6.45) is 3.32. The minimum Gasteiger partial charge on any atom is -0.350 e. The van der Waals surface area contributed by atoms with Gasteiger partial charge in [-0.2, -0.15) is 0 Å². The molecule has 0 atom stereocenters. The van der Waals surface area contributed by atoms with Gasteiger partial charge in [0.15, 0.2) is 0 Å². The van der Waals surface area contributed by atoms with E-state index in [9.17, 15) is 4.79 Å². The number of aromatic nitrogens is 1. The van der Waals surface area contributed by atoms with Crippen molar-refractivity contribution >= 4 is 17.5 Å². The molecule has 1 N–H and O–H groups in total.